The molecule has 100 valence electrons. The first-order valence-electron chi connectivity index (χ1n) is 5.67. The zero-order valence-corrected chi connectivity index (χ0v) is 11.9. The Morgan fingerprint density at radius 3 is 2.56 bits per heavy atom. The Morgan fingerprint density at radius 2 is 1.89 bits per heavy atom. The Bertz CT molecular complexity index is 528. The van der Waals surface area contributed by atoms with Crippen molar-refractivity contribution in [2.75, 3.05) is 13.1 Å². The molecule has 0 amide bonds. The van der Waals surface area contributed by atoms with E-state index >= 15 is 0 Å². The lowest BCUT2D eigenvalue weighted by molar-refractivity contribution is 0.427. The monoisotopic (exact) mass is 308 g/mol. The molecule has 0 bridgehead atoms. The van der Waals surface area contributed by atoms with Crippen molar-refractivity contribution in [1.82, 2.24) is 10.0 Å². The van der Waals surface area contributed by atoms with E-state index in [4.69, 9.17) is 23.2 Å². The Labute approximate surface area is 117 Å². The maximum atomic E-state index is 12.2. The summed E-state index contributed by atoms with van der Waals surface area (Å²) in [5.74, 6) is 0. The van der Waals surface area contributed by atoms with Crippen molar-refractivity contribution in [1.29, 1.82) is 0 Å². The molecular weight excluding hydrogens is 295 g/mol. The average Bonchev–Trinajstić information content (AvgIpc) is 2.33. The van der Waals surface area contributed by atoms with Crippen LogP contribution in [0.15, 0.2) is 23.1 Å². The number of nitrogens with one attached hydrogen (secondary N) is 2. The lowest BCUT2D eigenvalue weighted by Crippen LogP contribution is -2.42. The Kier molecular flexibility index (Phi) is 4.50. The average molecular weight is 309 g/mol. The van der Waals surface area contributed by atoms with Gasteiger partial charge in [-0.15, -0.1) is 0 Å². The summed E-state index contributed by atoms with van der Waals surface area (Å²) >= 11 is 11.7. The fraction of sp³-hybridized carbons (Fsp3) is 0.455. The Hall–Kier alpha value is -0.330. The largest absolute Gasteiger partial charge is 0.317 e. The van der Waals surface area contributed by atoms with Gasteiger partial charge >= 0.3 is 0 Å². The van der Waals surface area contributed by atoms with E-state index in [0.29, 0.717) is 5.02 Å². The second kappa shape index (κ2) is 5.75. The standard InChI is InChI=1S/C11H14Cl2N2O2S/c12-8-1-2-10(13)11(7-8)18(16,17)15-9-3-5-14-6-4-9/h1-2,7,9,14-15H,3-6H2. The number of sulfonamides is 1. The van der Waals surface area contributed by atoms with Gasteiger partial charge in [0, 0.05) is 11.1 Å². The van der Waals surface area contributed by atoms with Gasteiger partial charge in [-0.3, -0.25) is 0 Å². The van der Waals surface area contributed by atoms with E-state index < -0.39 is 10.0 Å². The molecule has 2 rings (SSSR count). The van der Waals surface area contributed by atoms with Crippen LogP contribution in [0.25, 0.3) is 0 Å². The molecule has 1 saturated heterocycles. The number of hydrogen-bond donors (Lipinski definition) is 2. The third kappa shape index (κ3) is 3.36. The van der Waals surface area contributed by atoms with E-state index in [1.165, 1.54) is 12.1 Å². The highest BCUT2D eigenvalue weighted by Gasteiger charge is 2.23. The quantitative estimate of drug-likeness (QED) is 0.898. The summed E-state index contributed by atoms with van der Waals surface area (Å²) in [6.45, 7) is 1.63. The SMILES string of the molecule is O=S(=O)(NC1CCNCC1)c1cc(Cl)ccc1Cl. The van der Waals surface area contributed by atoms with Gasteiger partial charge in [0.2, 0.25) is 10.0 Å². The van der Waals surface area contributed by atoms with Gasteiger partial charge in [0.05, 0.1) is 5.02 Å². The lowest BCUT2D eigenvalue weighted by atomic mass is 10.1. The van der Waals surface area contributed by atoms with E-state index in [0.717, 1.165) is 25.9 Å². The smallest absolute Gasteiger partial charge is 0.242 e. The molecule has 0 aromatic heterocycles. The number of piperidine rings is 1. The summed E-state index contributed by atoms with van der Waals surface area (Å²) in [4.78, 5) is 0.0372. The van der Waals surface area contributed by atoms with Gasteiger partial charge in [-0.05, 0) is 44.1 Å². The summed E-state index contributed by atoms with van der Waals surface area (Å²) in [6, 6.07) is 4.37. The van der Waals surface area contributed by atoms with Crippen molar-refractivity contribution in [3.8, 4) is 0 Å². The van der Waals surface area contributed by atoms with E-state index in [-0.39, 0.29) is 16.0 Å². The first kappa shape index (κ1) is 14.1. The van der Waals surface area contributed by atoms with Crippen LogP contribution in [0.5, 0.6) is 0 Å². The van der Waals surface area contributed by atoms with Gasteiger partial charge < -0.3 is 5.32 Å². The molecule has 1 fully saturated rings. The summed E-state index contributed by atoms with van der Waals surface area (Å²) < 4.78 is 27.1. The maximum absolute atomic E-state index is 12.2. The highest BCUT2D eigenvalue weighted by atomic mass is 35.5. The van der Waals surface area contributed by atoms with Crippen LogP contribution in [-0.4, -0.2) is 27.5 Å². The number of benzene rings is 1. The second-order valence-corrected chi connectivity index (χ2v) is 6.75. The third-order valence-electron chi connectivity index (χ3n) is 2.84. The minimum absolute atomic E-state index is 0.0372. The first-order valence-corrected chi connectivity index (χ1v) is 7.91. The van der Waals surface area contributed by atoms with E-state index in [2.05, 4.69) is 10.0 Å². The summed E-state index contributed by atoms with van der Waals surface area (Å²) in [6.07, 6.45) is 1.55. The topological polar surface area (TPSA) is 58.2 Å². The second-order valence-electron chi connectivity index (χ2n) is 4.22. The van der Waals surface area contributed by atoms with Crippen molar-refractivity contribution in [2.24, 2.45) is 0 Å². The van der Waals surface area contributed by atoms with Crippen molar-refractivity contribution in [2.45, 2.75) is 23.8 Å². The third-order valence-corrected chi connectivity index (χ3v) is 5.08. The minimum Gasteiger partial charge on any atom is -0.317 e. The van der Waals surface area contributed by atoms with Gasteiger partial charge in [-0.25, -0.2) is 13.1 Å². The van der Waals surface area contributed by atoms with Crippen LogP contribution in [0.3, 0.4) is 0 Å². The van der Waals surface area contributed by atoms with Crippen LogP contribution in [0.2, 0.25) is 10.0 Å². The zero-order chi connectivity index (χ0) is 13.2. The highest BCUT2D eigenvalue weighted by molar-refractivity contribution is 7.89. The van der Waals surface area contributed by atoms with Gasteiger partial charge in [0.25, 0.3) is 0 Å². The number of halogens is 2. The Morgan fingerprint density at radius 1 is 1.22 bits per heavy atom. The molecule has 0 aliphatic carbocycles. The van der Waals surface area contributed by atoms with Crippen LogP contribution in [0.4, 0.5) is 0 Å². The molecular formula is C11H14Cl2N2O2S. The van der Waals surface area contributed by atoms with E-state index in [1.54, 1.807) is 6.07 Å². The molecule has 1 aromatic rings. The van der Waals surface area contributed by atoms with Crippen molar-refractivity contribution in [3.63, 3.8) is 0 Å². The van der Waals surface area contributed by atoms with Crippen molar-refractivity contribution in [3.05, 3.63) is 28.2 Å². The van der Waals surface area contributed by atoms with Crippen LogP contribution in [0, 0.1) is 0 Å². The molecule has 18 heavy (non-hydrogen) atoms. The van der Waals surface area contributed by atoms with E-state index in [1.807, 2.05) is 0 Å². The molecule has 0 unspecified atom stereocenters. The minimum atomic E-state index is -3.61. The van der Waals surface area contributed by atoms with Crippen LogP contribution < -0.4 is 10.0 Å². The van der Waals surface area contributed by atoms with Crippen molar-refractivity contribution < 1.29 is 8.42 Å². The van der Waals surface area contributed by atoms with E-state index in [9.17, 15) is 8.42 Å². The lowest BCUT2D eigenvalue weighted by Gasteiger charge is -2.23. The molecule has 1 aromatic carbocycles. The summed E-state index contributed by atoms with van der Waals surface area (Å²) in [5, 5.41) is 3.71. The van der Waals surface area contributed by atoms with Gasteiger partial charge in [-0.2, -0.15) is 0 Å². The predicted molar refractivity (Wildman–Crippen MR) is 72.7 cm³/mol. The number of hydrogen-bond acceptors (Lipinski definition) is 3. The zero-order valence-electron chi connectivity index (χ0n) is 9.62. The van der Waals surface area contributed by atoms with Crippen LogP contribution in [-0.2, 0) is 10.0 Å². The van der Waals surface area contributed by atoms with Gasteiger partial charge in [0.15, 0.2) is 0 Å². The van der Waals surface area contributed by atoms with Crippen molar-refractivity contribution >= 4 is 33.2 Å². The maximum Gasteiger partial charge on any atom is 0.242 e. The molecule has 1 aliphatic heterocycles. The molecule has 1 aliphatic rings. The molecule has 7 heteroatoms. The molecule has 4 nitrogen and oxygen atoms in total. The molecule has 0 atom stereocenters. The summed E-state index contributed by atoms with van der Waals surface area (Å²) in [5.41, 5.74) is 0. The van der Waals surface area contributed by atoms with Gasteiger partial charge in [0.1, 0.15) is 4.90 Å². The number of rotatable bonds is 3. The van der Waals surface area contributed by atoms with Gasteiger partial charge in [-0.1, -0.05) is 23.2 Å². The molecule has 1 heterocycles. The molecule has 2 N–H and O–H groups in total. The van der Waals surface area contributed by atoms with Crippen LogP contribution in [0.1, 0.15) is 12.8 Å². The summed E-state index contributed by atoms with van der Waals surface area (Å²) in [7, 11) is -3.61. The molecule has 0 spiro atoms. The normalized spacial score (nSPS) is 17.9. The molecule has 0 radical (unpaired) electrons. The first-order chi connectivity index (χ1) is 8.49. The highest BCUT2D eigenvalue weighted by Crippen LogP contribution is 2.25. The molecule has 0 saturated carbocycles. The predicted octanol–water partition coefficient (Wildman–Crippen LogP) is 2.02. The van der Waals surface area contributed by atoms with Crippen LogP contribution >= 0.6 is 23.2 Å². The fourth-order valence-electron chi connectivity index (χ4n) is 1.91. The Balaban J connectivity index is 2.21. The fourth-order valence-corrected chi connectivity index (χ4v) is 3.97.